The lowest BCUT2D eigenvalue weighted by Gasteiger charge is -2.14. The van der Waals surface area contributed by atoms with Crippen molar-refractivity contribution in [1.29, 1.82) is 0 Å². The van der Waals surface area contributed by atoms with Crippen molar-refractivity contribution >= 4 is 62.3 Å². The molecule has 0 atom stereocenters. The van der Waals surface area contributed by atoms with Crippen molar-refractivity contribution in [2.45, 2.75) is 12.5 Å². The van der Waals surface area contributed by atoms with Crippen LogP contribution in [-0.2, 0) is 0 Å². The van der Waals surface area contributed by atoms with Crippen molar-refractivity contribution in [3.05, 3.63) is 24.3 Å². The SMILES string of the molecule is Sc1cccc(SC(S)(S)S)c1. The number of hydrogen-bond donors (Lipinski definition) is 4. The summed E-state index contributed by atoms with van der Waals surface area (Å²) >= 11 is 18.2. The van der Waals surface area contributed by atoms with Crippen LogP contribution in [0.3, 0.4) is 0 Å². The molecule has 66 valence electrons. The second kappa shape index (κ2) is 4.46. The van der Waals surface area contributed by atoms with E-state index in [1.165, 1.54) is 11.8 Å². The lowest BCUT2D eigenvalue weighted by Crippen LogP contribution is -1.93. The third kappa shape index (κ3) is 4.28. The number of thioether (sulfide) groups is 1. The second-order valence-electron chi connectivity index (χ2n) is 2.17. The van der Waals surface area contributed by atoms with E-state index in [0.717, 1.165) is 9.79 Å². The maximum Gasteiger partial charge on any atom is 0.149 e. The monoisotopic (exact) mass is 252 g/mol. The molecule has 0 heterocycles. The summed E-state index contributed by atoms with van der Waals surface area (Å²) in [4.78, 5) is 1.99. The summed E-state index contributed by atoms with van der Waals surface area (Å²) in [5.74, 6) is 0. The maximum absolute atomic E-state index is 4.22. The summed E-state index contributed by atoms with van der Waals surface area (Å²) in [5, 5.41) is 0. The van der Waals surface area contributed by atoms with Crippen molar-refractivity contribution < 1.29 is 0 Å². The zero-order valence-electron chi connectivity index (χ0n) is 6.01. The van der Waals surface area contributed by atoms with E-state index in [9.17, 15) is 0 Å². The summed E-state index contributed by atoms with van der Waals surface area (Å²) in [6.07, 6.45) is 0. The Labute approximate surface area is 98.5 Å². The average Bonchev–Trinajstić information content (AvgIpc) is 1.82. The average molecular weight is 252 g/mol. The molecule has 0 nitrogen and oxygen atoms in total. The lowest BCUT2D eigenvalue weighted by molar-refractivity contribution is 1.34. The Morgan fingerprint density at radius 2 is 1.83 bits per heavy atom. The number of thiol groups is 4. The molecule has 0 N–H and O–H groups in total. The smallest absolute Gasteiger partial charge is 0.143 e. The fourth-order valence-electron chi connectivity index (χ4n) is 0.705. The first-order valence-corrected chi connectivity index (χ1v) is 5.73. The van der Waals surface area contributed by atoms with E-state index < -0.39 is 2.74 Å². The predicted molar refractivity (Wildman–Crippen MR) is 69.2 cm³/mol. The summed E-state index contributed by atoms with van der Waals surface area (Å²) in [5.41, 5.74) is 0. The van der Waals surface area contributed by atoms with Crippen LogP contribution in [0.4, 0.5) is 0 Å². The molecule has 0 aliphatic rings. The highest BCUT2D eigenvalue weighted by molar-refractivity contribution is 8.36. The predicted octanol–water partition coefficient (Wildman–Crippen LogP) is 3.47. The molecule has 1 aromatic carbocycles. The largest absolute Gasteiger partial charge is 0.149 e. The van der Waals surface area contributed by atoms with Crippen LogP contribution in [0.15, 0.2) is 34.1 Å². The van der Waals surface area contributed by atoms with Gasteiger partial charge in [0.1, 0.15) is 2.74 Å². The zero-order chi connectivity index (χ0) is 9.19. The fraction of sp³-hybridized carbons (Fsp3) is 0.143. The molecule has 0 bridgehead atoms. The van der Waals surface area contributed by atoms with Gasteiger partial charge in [-0.2, -0.15) is 0 Å². The van der Waals surface area contributed by atoms with Gasteiger partial charge in [0.05, 0.1) is 0 Å². The number of rotatable bonds is 2. The summed E-state index contributed by atoms with van der Waals surface area (Å²) in [6.45, 7) is 0. The normalized spacial score (nSPS) is 11.7. The summed E-state index contributed by atoms with van der Waals surface area (Å²) in [7, 11) is 0. The molecule has 0 fully saturated rings. The lowest BCUT2D eigenvalue weighted by atomic mass is 10.4. The van der Waals surface area contributed by atoms with Gasteiger partial charge >= 0.3 is 0 Å². The third-order valence-electron chi connectivity index (χ3n) is 1.07. The third-order valence-corrected chi connectivity index (χ3v) is 2.94. The maximum atomic E-state index is 4.22. The minimum absolute atomic E-state index is 0.637. The summed E-state index contributed by atoms with van der Waals surface area (Å²) < 4.78 is -0.637. The molecule has 0 aromatic heterocycles. The van der Waals surface area contributed by atoms with E-state index in [-0.39, 0.29) is 0 Å². The van der Waals surface area contributed by atoms with E-state index >= 15 is 0 Å². The molecule has 0 aliphatic heterocycles. The van der Waals surface area contributed by atoms with E-state index in [0.29, 0.717) is 0 Å². The fourth-order valence-corrected chi connectivity index (χ4v) is 2.62. The highest BCUT2D eigenvalue weighted by Gasteiger charge is 2.15. The highest BCUT2D eigenvalue weighted by Crippen LogP contribution is 2.42. The van der Waals surface area contributed by atoms with Gasteiger partial charge in [-0.25, -0.2) is 0 Å². The van der Waals surface area contributed by atoms with Gasteiger partial charge in [0.2, 0.25) is 0 Å². The van der Waals surface area contributed by atoms with Crippen LogP contribution in [-0.4, -0.2) is 2.74 Å². The van der Waals surface area contributed by atoms with Crippen LogP contribution in [0, 0.1) is 0 Å². The minimum atomic E-state index is -0.637. The van der Waals surface area contributed by atoms with E-state index in [1.807, 2.05) is 24.3 Å². The van der Waals surface area contributed by atoms with Gasteiger partial charge in [0, 0.05) is 9.79 Å². The van der Waals surface area contributed by atoms with Gasteiger partial charge in [0.25, 0.3) is 0 Å². The Hall–Kier alpha value is 0.970. The first-order valence-electron chi connectivity index (χ1n) is 3.12. The highest BCUT2D eigenvalue weighted by atomic mass is 32.3. The quantitative estimate of drug-likeness (QED) is 0.355. The van der Waals surface area contributed by atoms with Crippen LogP contribution < -0.4 is 0 Å². The van der Waals surface area contributed by atoms with Crippen molar-refractivity contribution in [3.8, 4) is 0 Å². The van der Waals surface area contributed by atoms with Gasteiger partial charge in [-0.3, -0.25) is 0 Å². The Morgan fingerprint density at radius 1 is 1.17 bits per heavy atom. The van der Waals surface area contributed by atoms with Crippen LogP contribution in [0.1, 0.15) is 0 Å². The Balaban J connectivity index is 2.77. The van der Waals surface area contributed by atoms with Gasteiger partial charge in [-0.1, -0.05) is 17.8 Å². The molecule has 0 amide bonds. The van der Waals surface area contributed by atoms with Gasteiger partial charge in [-0.05, 0) is 18.2 Å². The van der Waals surface area contributed by atoms with Crippen LogP contribution in [0.25, 0.3) is 0 Å². The van der Waals surface area contributed by atoms with Crippen molar-refractivity contribution in [1.82, 2.24) is 0 Å². The number of benzene rings is 1. The van der Waals surface area contributed by atoms with Gasteiger partial charge < -0.3 is 0 Å². The molecular weight excluding hydrogens is 244 g/mol. The molecule has 0 saturated carbocycles. The molecule has 0 saturated heterocycles. The summed E-state index contributed by atoms with van der Waals surface area (Å²) in [6, 6.07) is 7.78. The van der Waals surface area contributed by atoms with Crippen molar-refractivity contribution in [3.63, 3.8) is 0 Å². The minimum Gasteiger partial charge on any atom is -0.143 e. The van der Waals surface area contributed by atoms with E-state index in [2.05, 4.69) is 50.5 Å². The Kier molecular flexibility index (Phi) is 4.11. The zero-order valence-corrected chi connectivity index (χ0v) is 10.4. The molecule has 1 rings (SSSR count). The van der Waals surface area contributed by atoms with E-state index in [4.69, 9.17) is 0 Å². The topological polar surface area (TPSA) is 0 Å². The number of hydrogen-bond acceptors (Lipinski definition) is 5. The van der Waals surface area contributed by atoms with Gasteiger partial charge in [0.15, 0.2) is 0 Å². The standard InChI is InChI=1S/C7H8S5/c8-5-2-1-3-6(4-5)12-7(9,10)11/h1-4,8-11H. The second-order valence-corrected chi connectivity index (χ2v) is 7.96. The molecule has 0 aliphatic carbocycles. The Bertz CT molecular complexity index is 265. The molecule has 0 spiro atoms. The first-order chi connectivity index (χ1) is 5.47. The van der Waals surface area contributed by atoms with Crippen LogP contribution >= 0.6 is 62.3 Å². The molecule has 1 aromatic rings. The molecule has 12 heavy (non-hydrogen) atoms. The van der Waals surface area contributed by atoms with Crippen molar-refractivity contribution in [2.75, 3.05) is 0 Å². The van der Waals surface area contributed by atoms with Crippen LogP contribution in [0.5, 0.6) is 0 Å². The molecule has 0 radical (unpaired) electrons. The molecule has 5 heteroatoms. The van der Waals surface area contributed by atoms with E-state index in [1.54, 1.807) is 0 Å². The van der Waals surface area contributed by atoms with Gasteiger partial charge in [-0.15, -0.1) is 50.5 Å². The molecule has 0 unspecified atom stereocenters. The first kappa shape index (κ1) is 11.0. The van der Waals surface area contributed by atoms with Crippen LogP contribution in [0.2, 0.25) is 0 Å². The molecular formula is C7H8S5. The Morgan fingerprint density at radius 3 is 2.33 bits per heavy atom. The van der Waals surface area contributed by atoms with Crippen molar-refractivity contribution in [2.24, 2.45) is 0 Å².